The molecule has 0 radical (unpaired) electrons. The number of aromatic nitrogens is 1. The van der Waals surface area contributed by atoms with Gasteiger partial charge in [0.05, 0.1) is 16.9 Å². The lowest BCUT2D eigenvalue weighted by atomic mass is 9.97. The molecule has 4 aromatic rings. The zero-order valence-corrected chi connectivity index (χ0v) is 24.7. The highest BCUT2D eigenvalue weighted by atomic mass is 35.5. The molecule has 208 valence electrons. The van der Waals surface area contributed by atoms with Crippen molar-refractivity contribution in [3.8, 4) is 22.9 Å². The predicted molar refractivity (Wildman–Crippen MR) is 167 cm³/mol. The molecule has 8 heteroatoms. The number of nitriles is 1. The number of hydrogen-bond donors (Lipinski definition) is 0. The second kappa shape index (κ2) is 11.4. The summed E-state index contributed by atoms with van der Waals surface area (Å²) in [5.41, 5.74) is 4.13. The van der Waals surface area contributed by atoms with E-state index in [4.69, 9.17) is 23.2 Å². The number of benzene rings is 3. The summed E-state index contributed by atoms with van der Waals surface area (Å²) in [6.45, 7) is 11.1. The number of rotatable bonds is 5. The van der Waals surface area contributed by atoms with Crippen LogP contribution < -0.4 is 10.5 Å². The van der Waals surface area contributed by atoms with E-state index in [0.717, 1.165) is 22.4 Å². The summed E-state index contributed by atoms with van der Waals surface area (Å²) in [7, 11) is 0. The molecule has 0 bridgehead atoms. The number of fused-ring (bicyclic) bond motifs is 1. The van der Waals surface area contributed by atoms with Gasteiger partial charge in [-0.2, -0.15) is 5.26 Å². The Morgan fingerprint density at radius 2 is 1.80 bits per heavy atom. The number of hydrogen-bond acceptors (Lipinski definition) is 4. The molecule has 0 unspecified atom stereocenters. The van der Waals surface area contributed by atoms with Crippen LogP contribution in [0.15, 0.2) is 78.1 Å². The first kappa shape index (κ1) is 28.5. The van der Waals surface area contributed by atoms with Crippen LogP contribution in [0.4, 0.5) is 5.69 Å². The predicted octanol–water partition coefficient (Wildman–Crippen LogP) is 7.18. The van der Waals surface area contributed by atoms with Gasteiger partial charge in [-0.3, -0.25) is 14.2 Å². The van der Waals surface area contributed by atoms with Gasteiger partial charge in [0.1, 0.15) is 11.6 Å². The minimum Gasteiger partial charge on any atom is -0.363 e. The van der Waals surface area contributed by atoms with Crippen molar-refractivity contribution in [2.45, 2.75) is 32.7 Å². The number of para-hydroxylation sites is 1. The molecule has 41 heavy (non-hydrogen) atoms. The van der Waals surface area contributed by atoms with Gasteiger partial charge in [0.25, 0.3) is 5.56 Å². The molecule has 1 atom stereocenters. The van der Waals surface area contributed by atoms with Crippen molar-refractivity contribution in [3.63, 3.8) is 0 Å². The molecule has 1 amide bonds. The first-order valence-corrected chi connectivity index (χ1v) is 14.3. The van der Waals surface area contributed by atoms with Gasteiger partial charge in [-0.15, -0.1) is 0 Å². The van der Waals surface area contributed by atoms with Crippen LogP contribution in [0.3, 0.4) is 0 Å². The van der Waals surface area contributed by atoms with E-state index in [2.05, 4.69) is 26.5 Å². The van der Waals surface area contributed by atoms with E-state index in [1.165, 1.54) is 6.08 Å². The van der Waals surface area contributed by atoms with Gasteiger partial charge in [0, 0.05) is 46.7 Å². The molecule has 3 aromatic carbocycles. The molecule has 1 fully saturated rings. The number of carbonyl (C=O) groups is 1. The number of carbonyl (C=O) groups excluding carboxylic acids is 1. The molecule has 0 saturated carbocycles. The Morgan fingerprint density at radius 1 is 1.10 bits per heavy atom. The smallest absolute Gasteiger partial charge is 0.275 e. The number of anilines is 1. The third kappa shape index (κ3) is 5.12. The van der Waals surface area contributed by atoms with E-state index in [1.54, 1.807) is 21.6 Å². The quantitative estimate of drug-likeness (QED) is 0.233. The van der Waals surface area contributed by atoms with E-state index in [1.807, 2.05) is 60.4 Å². The maximum Gasteiger partial charge on any atom is 0.275 e. The van der Waals surface area contributed by atoms with Gasteiger partial charge >= 0.3 is 0 Å². The van der Waals surface area contributed by atoms with E-state index in [-0.39, 0.29) is 23.4 Å². The standard InChI is InChI=1S/C33H30Cl2N4O2/c1-5-31(40)37-14-15-38(21(4)19-37)32-26-16-28(35)25(22-10-12-23(34)13-11-22)17-30(26)39(33(41)27(32)18-36)29-9-7-6-8-24(29)20(2)3/h5-13,16-17,20-21H,1,14-15,19H2,2-4H3/t21-/m0/s1. The van der Waals surface area contributed by atoms with Gasteiger partial charge in [0.2, 0.25) is 5.91 Å². The van der Waals surface area contributed by atoms with Crippen molar-refractivity contribution in [1.82, 2.24) is 9.47 Å². The first-order chi connectivity index (χ1) is 19.7. The Kier molecular flexibility index (Phi) is 7.95. The Hall–Kier alpha value is -4.05. The minimum atomic E-state index is -0.399. The zero-order chi connectivity index (χ0) is 29.4. The topological polar surface area (TPSA) is 69.3 Å². The zero-order valence-electron chi connectivity index (χ0n) is 23.2. The van der Waals surface area contributed by atoms with Crippen LogP contribution in [-0.4, -0.2) is 41.1 Å². The lowest BCUT2D eigenvalue weighted by Gasteiger charge is -2.41. The largest absolute Gasteiger partial charge is 0.363 e. The molecule has 5 rings (SSSR count). The Bertz CT molecular complexity index is 1770. The van der Waals surface area contributed by atoms with Crippen molar-refractivity contribution in [1.29, 1.82) is 5.26 Å². The lowest BCUT2D eigenvalue weighted by molar-refractivity contribution is -0.126. The molecule has 0 N–H and O–H groups in total. The number of nitrogens with zero attached hydrogens (tertiary/aromatic N) is 4. The Labute approximate surface area is 249 Å². The van der Waals surface area contributed by atoms with Gasteiger partial charge in [0.15, 0.2) is 0 Å². The molecular weight excluding hydrogens is 555 g/mol. The number of piperazine rings is 1. The Morgan fingerprint density at radius 3 is 2.44 bits per heavy atom. The average Bonchev–Trinajstić information content (AvgIpc) is 2.96. The van der Waals surface area contributed by atoms with Gasteiger partial charge in [-0.25, -0.2) is 0 Å². The molecule has 1 aliphatic rings. The summed E-state index contributed by atoms with van der Waals surface area (Å²) >= 11 is 13.1. The maximum atomic E-state index is 14.3. The van der Waals surface area contributed by atoms with Gasteiger partial charge in [-0.1, -0.05) is 74.0 Å². The minimum absolute atomic E-state index is 0.0433. The van der Waals surface area contributed by atoms with E-state index in [0.29, 0.717) is 46.3 Å². The van der Waals surface area contributed by atoms with Crippen LogP contribution in [0.25, 0.3) is 27.7 Å². The van der Waals surface area contributed by atoms with Crippen molar-refractivity contribution < 1.29 is 4.79 Å². The molecule has 1 aromatic heterocycles. The summed E-state index contributed by atoms with van der Waals surface area (Å²) in [5, 5.41) is 12.2. The van der Waals surface area contributed by atoms with Crippen LogP contribution in [0.2, 0.25) is 10.0 Å². The maximum absolute atomic E-state index is 14.3. The van der Waals surface area contributed by atoms with Gasteiger partial charge < -0.3 is 9.80 Å². The fraction of sp³-hybridized carbons (Fsp3) is 0.242. The fourth-order valence-corrected chi connectivity index (χ4v) is 6.08. The third-order valence-corrected chi connectivity index (χ3v) is 8.27. The molecule has 0 aliphatic carbocycles. The Balaban J connectivity index is 1.85. The van der Waals surface area contributed by atoms with Crippen molar-refractivity contribution in [2.24, 2.45) is 0 Å². The number of pyridine rings is 1. The molecule has 1 saturated heterocycles. The van der Waals surface area contributed by atoms with Crippen molar-refractivity contribution >= 4 is 45.7 Å². The second-order valence-corrected chi connectivity index (χ2v) is 11.4. The van der Waals surface area contributed by atoms with Crippen LogP contribution in [0.5, 0.6) is 0 Å². The summed E-state index contributed by atoms with van der Waals surface area (Å²) in [6, 6.07) is 21.0. The number of halogens is 2. The summed E-state index contributed by atoms with van der Waals surface area (Å²) in [5.74, 6) is -0.00452. The van der Waals surface area contributed by atoms with Gasteiger partial charge in [-0.05, 0) is 60.4 Å². The molecule has 6 nitrogen and oxygen atoms in total. The summed E-state index contributed by atoms with van der Waals surface area (Å²) in [6.07, 6.45) is 1.31. The van der Waals surface area contributed by atoms with E-state index in [9.17, 15) is 14.9 Å². The van der Waals surface area contributed by atoms with Crippen LogP contribution in [-0.2, 0) is 4.79 Å². The SMILES string of the molecule is C=CC(=O)N1CCN(c2c(C#N)c(=O)n(-c3ccccc3C(C)C)c3cc(-c4ccc(Cl)cc4)c(Cl)cc23)[C@@H](C)C1. The van der Waals surface area contributed by atoms with E-state index < -0.39 is 5.56 Å². The van der Waals surface area contributed by atoms with E-state index >= 15 is 0 Å². The van der Waals surface area contributed by atoms with Crippen LogP contribution in [0, 0.1) is 11.3 Å². The average molecular weight is 586 g/mol. The molecule has 2 heterocycles. The van der Waals surface area contributed by atoms with Crippen molar-refractivity contribution in [3.05, 3.63) is 105 Å². The fourth-order valence-electron chi connectivity index (χ4n) is 5.68. The normalized spacial score (nSPS) is 15.3. The highest BCUT2D eigenvalue weighted by Crippen LogP contribution is 2.39. The van der Waals surface area contributed by atoms with Crippen molar-refractivity contribution in [2.75, 3.05) is 24.5 Å². The summed E-state index contributed by atoms with van der Waals surface area (Å²) in [4.78, 5) is 30.4. The van der Waals surface area contributed by atoms with Crippen LogP contribution in [0.1, 0.15) is 37.8 Å². The molecular formula is C33H30Cl2N4O2. The lowest BCUT2D eigenvalue weighted by Crippen LogP contribution is -2.54. The molecule has 1 aliphatic heterocycles. The third-order valence-electron chi connectivity index (χ3n) is 7.70. The molecule has 0 spiro atoms. The first-order valence-electron chi connectivity index (χ1n) is 13.5. The van der Waals surface area contributed by atoms with Crippen LogP contribution >= 0.6 is 23.2 Å². The number of amides is 1. The highest BCUT2D eigenvalue weighted by molar-refractivity contribution is 6.34. The highest BCUT2D eigenvalue weighted by Gasteiger charge is 2.31. The summed E-state index contributed by atoms with van der Waals surface area (Å²) < 4.78 is 1.64. The monoisotopic (exact) mass is 584 g/mol. The second-order valence-electron chi connectivity index (χ2n) is 10.6.